The average Bonchev–Trinajstić information content (AvgIpc) is 2.96. The fraction of sp³-hybridized carbons (Fsp3) is 0.944. The monoisotopic (exact) mass is 455 g/mol. The van der Waals surface area contributed by atoms with Gasteiger partial charge in [-0.05, 0) is 44.4 Å². The third kappa shape index (κ3) is 10.7. The number of methoxy groups -OCH3 is 1. The van der Waals surface area contributed by atoms with Crippen LogP contribution in [-0.2, 0) is 9.47 Å². The van der Waals surface area contributed by atoms with Crippen LogP contribution in [0.15, 0.2) is 4.99 Å². The van der Waals surface area contributed by atoms with Gasteiger partial charge < -0.3 is 19.7 Å². The van der Waals surface area contributed by atoms with Crippen molar-refractivity contribution in [3.63, 3.8) is 0 Å². The summed E-state index contributed by atoms with van der Waals surface area (Å²) in [6.45, 7) is 13.0. The van der Waals surface area contributed by atoms with Gasteiger partial charge in [0.1, 0.15) is 0 Å². The molecule has 24 heavy (non-hydrogen) atoms. The quantitative estimate of drug-likeness (QED) is 0.225. The Morgan fingerprint density at radius 3 is 2.71 bits per heavy atom. The highest BCUT2D eigenvalue weighted by Crippen LogP contribution is 2.23. The maximum absolute atomic E-state index is 5.48. The molecule has 0 aliphatic carbocycles. The molecule has 1 aliphatic rings. The molecule has 5 nitrogen and oxygen atoms in total. The number of hydrogen-bond acceptors (Lipinski definition) is 3. The van der Waals surface area contributed by atoms with Crippen LogP contribution in [0, 0.1) is 11.8 Å². The predicted molar refractivity (Wildman–Crippen MR) is 112 cm³/mol. The number of unbranched alkanes of at least 4 members (excludes halogenated alkanes) is 1. The van der Waals surface area contributed by atoms with Crippen molar-refractivity contribution in [3.8, 4) is 0 Å². The largest absolute Gasteiger partial charge is 0.382 e. The first-order chi connectivity index (χ1) is 11.2. The van der Waals surface area contributed by atoms with Gasteiger partial charge >= 0.3 is 0 Å². The molecule has 0 spiro atoms. The van der Waals surface area contributed by atoms with Crippen LogP contribution in [-0.4, -0.2) is 64.0 Å². The summed E-state index contributed by atoms with van der Waals surface area (Å²) in [4.78, 5) is 7.23. The van der Waals surface area contributed by atoms with E-state index in [0.29, 0.717) is 13.2 Å². The third-order valence-corrected chi connectivity index (χ3v) is 4.12. The van der Waals surface area contributed by atoms with E-state index in [2.05, 4.69) is 31.0 Å². The van der Waals surface area contributed by atoms with Crippen molar-refractivity contribution in [1.29, 1.82) is 0 Å². The topological polar surface area (TPSA) is 46.1 Å². The molecule has 1 heterocycles. The van der Waals surface area contributed by atoms with Crippen LogP contribution >= 0.6 is 24.0 Å². The van der Waals surface area contributed by atoms with E-state index in [1.165, 1.54) is 12.8 Å². The Labute approximate surface area is 166 Å². The minimum Gasteiger partial charge on any atom is -0.382 e. The lowest BCUT2D eigenvalue weighted by Gasteiger charge is -2.22. The number of nitrogens with one attached hydrogen (secondary N) is 1. The molecular weight excluding hydrogens is 417 g/mol. The van der Waals surface area contributed by atoms with Crippen LogP contribution in [0.4, 0.5) is 0 Å². The first-order valence-electron chi connectivity index (χ1n) is 9.27. The summed E-state index contributed by atoms with van der Waals surface area (Å²) >= 11 is 0. The fourth-order valence-electron chi connectivity index (χ4n) is 3.06. The zero-order valence-corrected chi connectivity index (χ0v) is 18.4. The second kappa shape index (κ2) is 15.2. The van der Waals surface area contributed by atoms with Crippen LogP contribution in [0.5, 0.6) is 0 Å². The Kier molecular flexibility index (Phi) is 15.1. The molecular formula is C18H38IN3O2. The van der Waals surface area contributed by atoms with E-state index in [0.717, 1.165) is 63.4 Å². The lowest BCUT2D eigenvalue weighted by Crippen LogP contribution is -2.40. The van der Waals surface area contributed by atoms with Gasteiger partial charge in [0, 0.05) is 39.9 Å². The van der Waals surface area contributed by atoms with Crippen LogP contribution in [0.3, 0.4) is 0 Å². The minimum atomic E-state index is 0. The van der Waals surface area contributed by atoms with Crippen molar-refractivity contribution in [2.45, 2.75) is 46.5 Å². The Bertz CT molecular complexity index is 327. The van der Waals surface area contributed by atoms with Crippen molar-refractivity contribution in [1.82, 2.24) is 10.2 Å². The maximum Gasteiger partial charge on any atom is 0.193 e. The lowest BCUT2D eigenvalue weighted by molar-refractivity contribution is 0.0690. The zero-order valence-electron chi connectivity index (χ0n) is 16.1. The molecule has 6 heteroatoms. The number of nitrogens with zero attached hydrogens (tertiary/aromatic N) is 2. The molecule has 1 unspecified atom stereocenters. The van der Waals surface area contributed by atoms with E-state index in [1.807, 2.05) is 0 Å². The van der Waals surface area contributed by atoms with Crippen molar-refractivity contribution in [3.05, 3.63) is 0 Å². The molecule has 1 atom stereocenters. The van der Waals surface area contributed by atoms with Gasteiger partial charge in [-0.3, -0.25) is 4.99 Å². The minimum absolute atomic E-state index is 0. The molecule has 1 rings (SSSR count). The predicted octanol–water partition coefficient (Wildman–Crippen LogP) is 3.38. The zero-order chi connectivity index (χ0) is 16.9. The number of likely N-dealkylation sites (tertiary alicyclic amines) is 1. The van der Waals surface area contributed by atoms with Gasteiger partial charge in [0.15, 0.2) is 5.96 Å². The second-order valence-electron chi connectivity index (χ2n) is 6.78. The molecule has 144 valence electrons. The van der Waals surface area contributed by atoms with Crippen molar-refractivity contribution < 1.29 is 9.47 Å². The summed E-state index contributed by atoms with van der Waals surface area (Å²) in [6.07, 6.45) is 4.76. The second-order valence-corrected chi connectivity index (χ2v) is 6.78. The molecule has 0 radical (unpaired) electrons. The van der Waals surface area contributed by atoms with Gasteiger partial charge in [-0.15, -0.1) is 24.0 Å². The molecule has 0 bridgehead atoms. The lowest BCUT2D eigenvalue weighted by atomic mass is 9.97. The molecule has 0 aromatic heterocycles. The average molecular weight is 455 g/mol. The van der Waals surface area contributed by atoms with Gasteiger partial charge in [-0.25, -0.2) is 0 Å². The van der Waals surface area contributed by atoms with E-state index >= 15 is 0 Å². The van der Waals surface area contributed by atoms with Crippen LogP contribution in [0.1, 0.15) is 46.5 Å². The normalized spacial score (nSPS) is 18.1. The van der Waals surface area contributed by atoms with Crippen molar-refractivity contribution in [2.24, 2.45) is 16.8 Å². The molecule has 1 aliphatic heterocycles. The third-order valence-electron chi connectivity index (χ3n) is 4.12. The van der Waals surface area contributed by atoms with Gasteiger partial charge in [0.2, 0.25) is 0 Å². The maximum atomic E-state index is 5.48. The van der Waals surface area contributed by atoms with E-state index in [4.69, 9.17) is 14.5 Å². The smallest absolute Gasteiger partial charge is 0.193 e. The molecule has 1 saturated heterocycles. The van der Waals surface area contributed by atoms with E-state index in [9.17, 15) is 0 Å². The van der Waals surface area contributed by atoms with Gasteiger partial charge in [-0.2, -0.15) is 0 Å². The van der Waals surface area contributed by atoms with Gasteiger partial charge in [0.25, 0.3) is 0 Å². The van der Waals surface area contributed by atoms with Gasteiger partial charge in [0.05, 0.1) is 13.2 Å². The van der Waals surface area contributed by atoms with Crippen molar-refractivity contribution >= 4 is 29.9 Å². The Morgan fingerprint density at radius 1 is 1.25 bits per heavy atom. The first kappa shape index (κ1) is 23.9. The highest BCUT2D eigenvalue weighted by Gasteiger charge is 2.25. The Hall–Kier alpha value is -0.0800. The van der Waals surface area contributed by atoms with Gasteiger partial charge in [-0.1, -0.05) is 13.8 Å². The summed E-state index contributed by atoms with van der Waals surface area (Å²) in [5, 5.41) is 3.45. The van der Waals surface area contributed by atoms with Crippen LogP contribution in [0.2, 0.25) is 0 Å². The highest BCUT2D eigenvalue weighted by atomic mass is 127. The van der Waals surface area contributed by atoms with E-state index in [-0.39, 0.29) is 24.0 Å². The van der Waals surface area contributed by atoms with Crippen LogP contribution in [0.25, 0.3) is 0 Å². The molecule has 0 amide bonds. The fourth-order valence-corrected chi connectivity index (χ4v) is 3.06. The highest BCUT2D eigenvalue weighted by molar-refractivity contribution is 14.0. The Morgan fingerprint density at radius 2 is 2.04 bits per heavy atom. The van der Waals surface area contributed by atoms with E-state index < -0.39 is 0 Å². The molecule has 1 fully saturated rings. The number of aliphatic imine (C=N–C) groups is 1. The summed E-state index contributed by atoms with van der Waals surface area (Å²) in [7, 11) is 1.70. The molecule has 0 aromatic rings. The summed E-state index contributed by atoms with van der Waals surface area (Å²) in [5.41, 5.74) is 0. The standard InChI is InChI=1S/C18H37N3O2.HI/c1-5-19-18(20-9-6-7-11-23-13-12-22-4)21-10-8-17(15-21)14-16(2)3;/h16-17H,5-15H2,1-4H3,(H,19,20);1H. The van der Waals surface area contributed by atoms with Crippen molar-refractivity contribution in [2.75, 3.05) is 53.1 Å². The van der Waals surface area contributed by atoms with Crippen LogP contribution < -0.4 is 5.32 Å². The summed E-state index contributed by atoms with van der Waals surface area (Å²) in [6, 6.07) is 0. The number of rotatable bonds is 11. The van der Waals surface area contributed by atoms with E-state index in [1.54, 1.807) is 7.11 Å². The number of hydrogen-bond donors (Lipinski definition) is 1. The number of halogens is 1. The molecule has 0 saturated carbocycles. The SMILES string of the molecule is CCNC(=NCCCCOCCOC)N1CCC(CC(C)C)C1.I. The number of guanidine groups is 1. The first-order valence-corrected chi connectivity index (χ1v) is 9.27. The molecule has 1 N–H and O–H groups in total. The summed E-state index contributed by atoms with van der Waals surface area (Å²) < 4.78 is 10.4. The Balaban J connectivity index is 0.00000529. The molecule has 0 aromatic carbocycles. The number of ether oxygens (including phenoxy) is 2. The summed E-state index contributed by atoms with van der Waals surface area (Å²) in [5.74, 6) is 2.71.